The Bertz CT molecular complexity index is 1170. The van der Waals surface area contributed by atoms with Crippen LogP contribution in [0.3, 0.4) is 0 Å². The van der Waals surface area contributed by atoms with Gasteiger partial charge < -0.3 is 10.6 Å². The number of rotatable bonds is 10. The van der Waals surface area contributed by atoms with Crippen molar-refractivity contribution in [3.05, 3.63) is 95.8 Å². The Kier molecular flexibility index (Phi) is 7.59. The first kappa shape index (κ1) is 23.2. The number of aromatic nitrogens is 4. The third-order valence-electron chi connectivity index (χ3n) is 5.48. The Morgan fingerprint density at radius 3 is 2.39 bits per heavy atom. The lowest BCUT2D eigenvalue weighted by Gasteiger charge is -2.20. The molecule has 172 valence electrons. The van der Waals surface area contributed by atoms with Crippen LogP contribution < -0.4 is 10.6 Å². The third kappa shape index (κ3) is 5.90. The van der Waals surface area contributed by atoms with E-state index < -0.39 is 0 Å². The Balaban J connectivity index is 1.50. The van der Waals surface area contributed by atoms with Crippen LogP contribution in [0.4, 0.5) is 4.39 Å². The Hall–Kier alpha value is -2.94. The van der Waals surface area contributed by atoms with Gasteiger partial charge in [0.15, 0.2) is 5.82 Å². The first-order chi connectivity index (χ1) is 16.0. The summed E-state index contributed by atoms with van der Waals surface area (Å²) in [4.78, 5) is 0. The summed E-state index contributed by atoms with van der Waals surface area (Å²) >= 11 is 4.45. The second-order valence-electron chi connectivity index (χ2n) is 8.15. The van der Waals surface area contributed by atoms with E-state index in [0.717, 1.165) is 23.4 Å². The van der Waals surface area contributed by atoms with Crippen molar-refractivity contribution >= 4 is 12.6 Å². The number of hydrogen-bond acceptors (Lipinski definition) is 5. The fourth-order valence-corrected chi connectivity index (χ4v) is 4.00. The van der Waals surface area contributed by atoms with Crippen LogP contribution >= 0.6 is 12.6 Å². The monoisotopic (exact) mass is 464 g/mol. The van der Waals surface area contributed by atoms with Crippen LogP contribution in [0.5, 0.6) is 0 Å². The standard InChI is InChI=1S/C25H29FN6S/c1-18(27-14-21-7-3-4-10-24(21)32-17-23(26)16-30-32)13-20-8-5-9-22(15-28-19(2)33)25(20)31-12-6-11-29-31/h3-12,16-19,27-28,33H,13-15H2,1-2H3. The highest BCUT2D eigenvalue weighted by atomic mass is 32.1. The zero-order valence-electron chi connectivity index (χ0n) is 18.8. The van der Waals surface area contributed by atoms with E-state index in [1.54, 1.807) is 10.9 Å². The van der Waals surface area contributed by atoms with Crippen molar-refractivity contribution in [1.29, 1.82) is 0 Å². The maximum absolute atomic E-state index is 13.5. The van der Waals surface area contributed by atoms with Crippen molar-refractivity contribution in [2.45, 2.75) is 44.8 Å². The highest BCUT2D eigenvalue weighted by molar-refractivity contribution is 7.80. The number of para-hydroxylation sites is 2. The molecule has 0 spiro atoms. The van der Waals surface area contributed by atoms with Gasteiger partial charge in [-0.3, -0.25) is 0 Å². The summed E-state index contributed by atoms with van der Waals surface area (Å²) in [6, 6.07) is 16.4. The molecule has 33 heavy (non-hydrogen) atoms. The van der Waals surface area contributed by atoms with E-state index >= 15 is 0 Å². The van der Waals surface area contributed by atoms with Gasteiger partial charge >= 0.3 is 0 Å². The minimum absolute atomic E-state index is 0.100. The topological polar surface area (TPSA) is 59.7 Å². The molecule has 2 aromatic heterocycles. The average molecular weight is 465 g/mol. The molecule has 2 atom stereocenters. The first-order valence-corrected chi connectivity index (χ1v) is 11.6. The molecule has 0 aliphatic carbocycles. The fraction of sp³-hybridized carbons (Fsp3) is 0.280. The minimum Gasteiger partial charge on any atom is -0.310 e. The van der Waals surface area contributed by atoms with Crippen molar-refractivity contribution in [2.75, 3.05) is 0 Å². The molecule has 2 heterocycles. The molecule has 4 aromatic rings. The SMILES string of the molecule is CC(S)NCc1cccc(CC(C)NCc2ccccc2-n2cc(F)cn2)c1-n1cccn1. The molecule has 4 rings (SSSR count). The number of thiol groups is 1. The molecule has 0 aliphatic rings. The van der Waals surface area contributed by atoms with Crippen LogP contribution in [0.2, 0.25) is 0 Å². The van der Waals surface area contributed by atoms with Gasteiger partial charge in [0.05, 0.1) is 23.8 Å². The largest absolute Gasteiger partial charge is 0.310 e. The van der Waals surface area contributed by atoms with Gasteiger partial charge in [0.25, 0.3) is 0 Å². The molecule has 0 bridgehead atoms. The predicted molar refractivity (Wildman–Crippen MR) is 132 cm³/mol. The van der Waals surface area contributed by atoms with Crippen LogP contribution in [-0.4, -0.2) is 31.0 Å². The number of halogens is 1. The van der Waals surface area contributed by atoms with Gasteiger partial charge in [-0.1, -0.05) is 36.4 Å². The number of nitrogens with zero attached hydrogens (tertiary/aromatic N) is 4. The van der Waals surface area contributed by atoms with Crippen molar-refractivity contribution in [2.24, 2.45) is 0 Å². The van der Waals surface area contributed by atoms with Crippen molar-refractivity contribution in [3.63, 3.8) is 0 Å². The molecule has 0 saturated heterocycles. The third-order valence-corrected chi connectivity index (χ3v) is 5.66. The van der Waals surface area contributed by atoms with E-state index in [1.165, 1.54) is 23.5 Å². The van der Waals surface area contributed by atoms with Crippen LogP contribution in [0.25, 0.3) is 11.4 Å². The minimum atomic E-state index is -0.348. The van der Waals surface area contributed by atoms with E-state index in [1.807, 2.05) is 48.1 Å². The summed E-state index contributed by atoms with van der Waals surface area (Å²) in [5.41, 5.74) is 5.42. The molecule has 8 heteroatoms. The van der Waals surface area contributed by atoms with Crippen LogP contribution in [0.1, 0.15) is 30.5 Å². The zero-order chi connectivity index (χ0) is 23.2. The summed E-state index contributed by atoms with van der Waals surface area (Å²) in [6.45, 7) is 5.55. The molecule has 2 aromatic carbocycles. The van der Waals surface area contributed by atoms with E-state index in [2.05, 4.69) is 58.6 Å². The highest BCUT2D eigenvalue weighted by Gasteiger charge is 2.15. The van der Waals surface area contributed by atoms with E-state index in [-0.39, 0.29) is 17.2 Å². The average Bonchev–Trinajstić information content (AvgIpc) is 3.48. The van der Waals surface area contributed by atoms with Gasteiger partial charge in [-0.05, 0) is 49.1 Å². The number of nitrogens with one attached hydrogen (secondary N) is 2. The van der Waals surface area contributed by atoms with Crippen LogP contribution in [0.15, 0.2) is 73.3 Å². The number of hydrogen-bond donors (Lipinski definition) is 3. The molecule has 2 N–H and O–H groups in total. The lowest BCUT2D eigenvalue weighted by molar-refractivity contribution is 0.542. The quantitative estimate of drug-likeness (QED) is 0.242. The maximum Gasteiger partial charge on any atom is 0.161 e. The van der Waals surface area contributed by atoms with Gasteiger partial charge in [-0.2, -0.15) is 22.8 Å². The van der Waals surface area contributed by atoms with Crippen LogP contribution in [0, 0.1) is 5.82 Å². The second kappa shape index (κ2) is 10.8. The van der Waals surface area contributed by atoms with E-state index in [0.29, 0.717) is 13.1 Å². The molecular weight excluding hydrogens is 435 g/mol. The first-order valence-electron chi connectivity index (χ1n) is 11.1. The lowest BCUT2D eigenvalue weighted by Crippen LogP contribution is -2.29. The fourth-order valence-electron chi connectivity index (χ4n) is 3.91. The molecule has 6 nitrogen and oxygen atoms in total. The zero-order valence-corrected chi connectivity index (χ0v) is 19.7. The Morgan fingerprint density at radius 2 is 1.67 bits per heavy atom. The summed E-state index contributed by atoms with van der Waals surface area (Å²) in [5.74, 6) is -0.348. The Labute approximate surface area is 199 Å². The molecule has 0 saturated carbocycles. The lowest BCUT2D eigenvalue weighted by atomic mass is 10.0. The van der Waals surface area contributed by atoms with Gasteiger partial charge in [0.1, 0.15) is 0 Å². The van der Waals surface area contributed by atoms with Crippen molar-refractivity contribution in [3.8, 4) is 11.4 Å². The van der Waals surface area contributed by atoms with E-state index in [4.69, 9.17) is 0 Å². The van der Waals surface area contributed by atoms with Gasteiger partial charge in [0, 0.05) is 36.9 Å². The highest BCUT2D eigenvalue weighted by Crippen LogP contribution is 2.22. The predicted octanol–water partition coefficient (Wildman–Crippen LogP) is 4.28. The van der Waals surface area contributed by atoms with Gasteiger partial charge in [-0.25, -0.2) is 13.8 Å². The summed E-state index contributed by atoms with van der Waals surface area (Å²) < 4.78 is 17.0. The van der Waals surface area contributed by atoms with Gasteiger partial charge in [-0.15, -0.1) is 0 Å². The Morgan fingerprint density at radius 1 is 0.909 bits per heavy atom. The van der Waals surface area contributed by atoms with Crippen molar-refractivity contribution < 1.29 is 4.39 Å². The van der Waals surface area contributed by atoms with Crippen LogP contribution in [-0.2, 0) is 19.5 Å². The maximum atomic E-state index is 13.5. The van der Waals surface area contributed by atoms with Crippen molar-refractivity contribution in [1.82, 2.24) is 30.2 Å². The summed E-state index contributed by atoms with van der Waals surface area (Å²) in [7, 11) is 0. The van der Waals surface area contributed by atoms with Gasteiger partial charge in [0.2, 0.25) is 0 Å². The van der Waals surface area contributed by atoms with E-state index in [9.17, 15) is 4.39 Å². The molecule has 0 radical (unpaired) electrons. The molecular formula is C25H29FN6S. The normalized spacial score (nSPS) is 13.2. The molecule has 0 aliphatic heterocycles. The molecule has 2 unspecified atom stereocenters. The molecule has 0 fully saturated rings. The number of benzene rings is 2. The summed E-state index contributed by atoms with van der Waals surface area (Å²) in [5, 5.41) is 15.7. The smallest absolute Gasteiger partial charge is 0.161 e. The molecule has 0 amide bonds. The summed E-state index contributed by atoms with van der Waals surface area (Å²) in [6.07, 6.45) is 7.22. The second-order valence-corrected chi connectivity index (χ2v) is 8.92.